The molecular formula is C20H22FN3O4. The van der Waals surface area contributed by atoms with Crippen LogP contribution in [0.5, 0.6) is 5.75 Å². The van der Waals surface area contributed by atoms with Gasteiger partial charge in [-0.25, -0.2) is 9.18 Å². The lowest BCUT2D eigenvalue weighted by Gasteiger charge is -2.23. The Morgan fingerprint density at radius 2 is 2.11 bits per heavy atom. The van der Waals surface area contributed by atoms with Gasteiger partial charge < -0.3 is 20.5 Å². The normalized spacial score (nSPS) is 26.6. The molecule has 3 aliphatic rings. The minimum absolute atomic E-state index is 0.0953. The van der Waals surface area contributed by atoms with Crippen LogP contribution in [0, 0.1) is 24.6 Å². The molecule has 4 heterocycles. The van der Waals surface area contributed by atoms with Gasteiger partial charge >= 0.3 is 6.16 Å². The molecule has 3 atom stereocenters. The number of carboxylic acid groups (broad SMARTS) is 1. The van der Waals surface area contributed by atoms with Crippen molar-refractivity contribution in [3.8, 4) is 5.75 Å². The van der Waals surface area contributed by atoms with E-state index in [0.717, 1.165) is 43.6 Å². The van der Waals surface area contributed by atoms with Crippen LogP contribution in [-0.4, -0.2) is 35.3 Å². The Kier molecular flexibility index (Phi) is 3.96. The fraction of sp³-hybridized carbons (Fsp3) is 0.500. The molecule has 3 N–H and O–H groups in total. The van der Waals surface area contributed by atoms with Crippen LogP contribution in [0.4, 0.5) is 9.18 Å². The summed E-state index contributed by atoms with van der Waals surface area (Å²) in [5.41, 5.74) is 2.23. The van der Waals surface area contributed by atoms with E-state index in [1.807, 2.05) is 6.92 Å². The summed E-state index contributed by atoms with van der Waals surface area (Å²) in [7, 11) is 0. The van der Waals surface area contributed by atoms with Gasteiger partial charge in [0.05, 0.1) is 5.52 Å². The third-order valence-electron chi connectivity index (χ3n) is 6.44. The van der Waals surface area contributed by atoms with Crippen LogP contribution in [0.3, 0.4) is 0 Å². The average Bonchev–Trinajstić information content (AvgIpc) is 3.25. The third kappa shape index (κ3) is 2.62. The van der Waals surface area contributed by atoms with Crippen LogP contribution in [0.15, 0.2) is 17.1 Å². The van der Waals surface area contributed by atoms with Crippen LogP contribution < -0.4 is 20.9 Å². The van der Waals surface area contributed by atoms with Crippen LogP contribution >= 0.6 is 0 Å². The lowest BCUT2D eigenvalue weighted by Crippen LogP contribution is -2.27. The van der Waals surface area contributed by atoms with E-state index in [0.29, 0.717) is 22.9 Å². The highest BCUT2D eigenvalue weighted by molar-refractivity contribution is 5.68. The maximum Gasteiger partial charge on any atom is 0.511 e. The summed E-state index contributed by atoms with van der Waals surface area (Å²) in [6.45, 7) is 4.49. The van der Waals surface area contributed by atoms with Crippen molar-refractivity contribution in [1.82, 2.24) is 15.0 Å². The van der Waals surface area contributed by atoms with Crippen LogP contribution in [-0.2, 0) is 0 Å². The Bertz CT molecular complexity index is 1050. The van der Waals surface area contributed by atoms with Gasteiger partial charge in [-0.15, -0.1) is 0 Å². The number of ether oxygens (including phenoxy) is 1. The smallest absolute Gasteiger partial charge is 0.449 e. The molecule has 148 valence electrons. The fourth-order valence-electron chi connectivity index (χ4n) is 5.01. The van der Waals surface area contributed by atoms with E-state index < -0.39 is 17.5 Å². The number of nitrogens with zero attached hydrogens (tertiary/aromatic N) is 1. The molecule has 0 spiro atoms. The molecule has 1 saturated carbocycles. The first-order valence-corrected chi connectivity index (χ1v) is 9.69. The molecule has 28 heavy (non-hydrogen) atoms. The number of pyridine rings is 2. The van der Waals surface area contributed by atoms with Crippen molar-refractivity contribution in [2.24, 2.45) is 11.8 Å². The van der Waals surface area contributed by atoms with E-state index in [1.54, 1.807) is 0 Å². The van der Waals surface area contributed by atoms with Crippen LogP contribution in [0.2, 0.25) is 0 Å². The Morgan fingerprint density at radius 1 is 1.32 bits per heavy atom. The molecule has 0 aromatic carbocycles. The minimum atomic E-state index is -1.55. The van der Waals surface area contributed by atoms with Crippen LogP contribution in [0.25, 0.3) is 5.52 Å². The highest BCUT2D eigenvalue weighted by atomic mass is 19.1. The van der Waals surface area contributed by atoms with Crippen molar-refractivity contribution in [3.05, 3.63) is 45.1 Å². The number of fused-ring (bicyclic) bond motifs is 2. The van der Waals surface area contributed by atoms with Crippen molar-refractivity contribution in [2.75, 3.05) is 19.6 Å². The lowest BCUT2D eigenvalue weighted by atomic mass is 9.87. The van der Waals surface area contributed by atoms with Gasteiger partial charge in [0.1, 0.15) is 5.82 Å². The monoisotopic (exact) mass is 387 g/mol. The predicted octanol–water partition coefficient (Wildman–Crippen LogP) is 2.16. The molecule has 2 aromatic heterocycles. The third-order valence-corrected chi connectivity index (χ3v) is 6.44. The van der Waals surface area contributed by atoms with E-state index in [2.05, 4.69) is 15.4 Å². The average molecular weight is 387 g/mol. The second kappa shape index (κ2) is 6.28. The molecule has 5 rings (SSSR count). The minimum Gasteiger partial charge on any atom is -0.449 e. The predicted molar refractivity (Wildman–Crippen MR) is 99.6 cm³/mol. The number of halogens is 1. The summed E-state index contributed by atoms with van der Waals surface area (Å²) in [4.78, 5) is 23.7. The summed E-state index contributed by atoms with van der Waals surface area (Å²) < 4.78 is 21.1. The number of nitrogens with one attached hydrogen (secondary N) is 2. The Labute approximate surface area is 160 Å². The number of rotatable bonds is 3. The maximum atomic E-state index is 15.2. The largest absolute Gasteiger partial charge is 0.511 e. The summed E-state index contributed by atoms with van der Waals surface area (Å²) in [5, 5.41) is 15.8. The highest BCUT2D eigenvalue weighted by Gasteiger charge is 2.42. The van der Waals surface area contributed by atoms with E-state index in [-0.39, 0.29) is 17.7 Å². The first-order chi connectivity index (χ1) is 13.5. The molecule has 0 bridgehead atoms. The molecule has 0 radical (unpaired) electrons. The molecule has 2 aromatic rings. The molecule has 1 aliphatic carbocycles. The van der Waals surface area contributed by atoms with E-state index in [1.165, 1.54) is 16.7 Å². The molecule has 0 amide bonds. The number of hydrogen-bond acceptors (Lipinski definition) is 5. The number of aryl methyl sites for hydroxylation is 1. The van der Waals surface area contributed by atoms with Crippen molar-refractivity contribution in [3.63, 3.8) is 0 Å². The second-order valence-corrected chi connectivity index (χ2v) is 8.11. The zero-order chi connectivity index (χ0) is 19.6. The van der Waals surface area contributed by atoms with Crippen LogP contribution in [0.1, 0.15) is 41.5 Å². The summed E-state index contributed by atoms with van der Waals surface area (Å²) >= 11 is 0. The fourth-order valence-corrected chi connectivity index (χ4v) is 5.01. The van der Waals surface area contributed by atoms with Gasteiger partial charge in [-0.3, -0.25) is 9.20 Å². The van der Waals surface area contributed by atoms with Gasteiger partial charge in [-0.05, 0) is 61.3 Å². The SMILES string of the molecule is Cc1c(C2NCC3CNCC32)c(F)cn2c(=O)c(OC(=O)O)cc(C3CC3)c12. The first-order valence-electron chi connectivity index (χ1n) is 9.69. The Hall–Kier alpha value is -2.45. The number of hydrogen-bond donors (Lipinski definition) is 3. The zero-order valence-electron chi connectivity index (χ0n) is 15.5. The second-order valence-electron chi connectivity index (χ2n) is 8.11. The lowest BCUT2D eigenvalue weighted by molar-refractivity contribution is 0.143. The molecular weight excluding hydrogens is 365 g/mol. The van der Waals surface area contributed by atoms with Crippen molar-refractivity contribution < 1.29 is 19.0 Å². The van der Waals surface area contributed by atoms with Crippen molar-refractivity contribution in [2.45, 2.75) is 31.7 Å². The maximum absolute atomic E-state index is 15.2. The topological polar surface area (TPSA) is 92.1 Å². The molecule has 2 aliphatic heterocycles. The summed E-state index contributed by atoms with van der Waals surface area (Å²) in [6, 6.07) is 1.43. The Balaban J connectivity index is 1.73. The van der Waals surface area contributed by atoms with E-state index in [9.17, 15) is 9.59 Å². The number of carbonyl (C=O) groups is 1. The standard InChI is InChI=1S/C20H22FN3O4/c1-9-16(17-13-7-22-5-11(13)6-23-17)14(21)8-24-18(9)12(10-2-3-10)4-15(19(24)25)28-20(26)27/h4,8,10-11,13,17,22-23H,2-3,5-7H2,1H3,(H,26,27). The van der Waals surface area contributed by atoms with Gasteiger partial charge in [0.15, 0.2) is 5.75 Å². The summed E-state index contributed by atoms with van der Waals surface area (Å²) in [5.74, 6) is 0.308. The van der Waals surface area contributed by atoms with Gasteiger partial charge in [0.2, 0.25) is 0 Å². The number of aromatic nitrogens is 1. The highest BCUT2D eigenvalue weighted by Crippen LogP contribution is 2.45. The van der Waals surface area contributed by atoms with E-state index >= 15 is 4.39 Å². The zero-order valence-corrected chi connectivity index (χ0v) is 15.5. The van der Waals surface area contributed by atoms with Gasteiger partial charge in [-0.2, -0.15) is 0 Å². The molecule has 3 unspecified atom stereocenters. The van der Waals surface area contributed by atoms with Gasteiger partial charge in [0.25, 0.3) is 5.56 Å². The molecule has 7 nitrogen and oxygen atoms in total. The molecule has 3 fully saturated rings. The summed E-state index contributed by atoms with van der Waals surface area (Å²) in [6.07, 6.45) is 1.56. The molecule has 2 saturated heterocycles. The van der Waals surface area contributed by atoms with E-state index in [4.69, 9.17) is 5.11 Å². The van der Waals surface area contributed by atoms with Crippen molar-refractivity contribution in [1.29, 1.82) is 0 Å². The van der Waals surface area contributed by atoms with Gasteiger partial charge in [0, 0.05) is 30.9 Å². The van der Waals surface area contributed by atoms with Crippen molar-refractivity contribution >= 4 is 11.7 Å². The quantitative estimate of drug-likeness (QED) is 0.699. The van der Waals surface area contributed by atoms with Gasteiger partial charge in [-0.1, -0.05) is 0 Å². The molecule has 8 heteroatoms. The Morgan fingerprint density at radius 3 is 2.82 bits per heavy atom. The first kappa shape index (κ1) is 17.6.